The second-order valence-electron chi connectivity index (χ2n) is 7.48. The monoisotopic (exact) mass is 409 g/mol. The molecule has 4 atom stereocenters. The molecule has 0 aromatic heterocycles. The summed E-state index contributed by atoms with van der Waals surface area (Å²) in [5.41, 5.74) is 0.672. The lowest BCUT2D eigenvalue weighted by molar-refractivity contribution is -0.385. The van der Waals surface area contributed by atoms with Gasteiger partial charge >= 0.3 is 12.0 Å². The lowest BCUT2D eigenvalue weighted by atomic mass is 9.86. The van der Waals surface area contributed by atoms with Crippen molar-refractivity contribution < 1.29 is 24.4 Å². The number of carboxylic acids is 1. The molecule has 4 rings (SSSR count). The van der Waals surface area contributed by atoms with Crippen LogP contribution in [0.2, 0.25) is 0 Å². The summed E-state index contributed by atoms with van der Waals surface area (Å²) < 4.78 is 0. The van der Waals surface area contributed by atoms with Crippen LogP contribution in [0.4, 0.5) is 16.2 Å². The highest BCUT2D eigenvalue weighted by molar-refractivity contribution is 5.96. The van der Waals surface area contributed by atoms with Crippen LogP contribution in [0.3, 0.4) is 0 Å². The number of ketones is 1. The average molecular weight is 409 g/mol. The molecule has 9 heteroatoms. The maximum atomic E-state index is 13.2. The van der Waals surface area contributed by atoms with Gasteiger partial charge in [-0.15, -0.1) is 0 Å². The number of nitro benzene ring substituents is 1. The van der Waals surface area contributed by atoms with Gasteiger partial charge in [0.2, 0.25) is 0 Å². The molecular weight excluding hydrogens is 390 g/mol. The van der Waals surface area contributed by atoms with Gasteiger partial charge in [-0.25, -0.2) is 9.59 Å². The van der Waals surface area contributed by atoms with Crippen molar-refractivity contribution in [3.05, 3.63) is 70.3 Å². The largest absolute Gasteiger partial charge is 0.480 e. The van der Waals surface area contributed by atoms with E-state index in [0.717, 1.165) is 0 Å². The molecule has 30 heavy (non-hydrogen) atoms. The van der Waals surface area contributed by atoms with Crippen LogP contribution in [0.1, 0.15) is 24.4 Å². The van der Waals surface area contributed by atoms with Gasteiger partial charge in [-0.3, -0.25) is 14.9 Å². The normalized spacial score (nSPS) is 25.1. The number of carbonyl (C=O) groups is 3. The van der Waals surface area contributed by atoms with Crippen molar-refractivity contribution in [2.45, 2.75) is 24.9 Å². The second kappa shape index (κ2) is 7.58. The van der Waals surface area contributed by atoms with E-state index >= 15 is 0 Å². The molecule has 9 nitrogen and oxygen atoms in total. The number of hydrogen-bond acceptors (Lipinski definition) is 5. The molecule has 2 aliphatic rings. The van der Waals surface area contributed by atoms with Gasteiger partial charge in [0.1, 0.15) is 11.8 Å². The first-order valence-corrected chi connectivity index (χ1v) is 9.52. The summed E-state index contributed by atoms with van der Waals surface area (Å²) >= 11 is 0. The van der Waals surface area contributed by atoms with Crippen LogP contribution in [0.15, 0.2) is 54.6 Å². The van der Waals surface area contributed by atoms with E-state index in [1.807, 2.05) is 0 Å². The second-order valence-corrected chi connectivity index (χ2v) is 7.48. The van der Waals surface area contributed by atoms with Gasteiger partial charge in [-0.1, -0.05) is 30.3 Å². The number of aliphatic carboxylic acids is 1. The number of nitrogens with one attached hydrogen (secondary N) is 1. The lowest BCUT2D eigenvalue weighted by Gasteiger charge is -2.30. The summed E-state index contributed by atoms with van der Waals surface area (Å²) in [5, 5.41) is 23.8. The minimum atomic E-state index is -1.20. The molecule has 2 amide bonds. The number of nitrogens with zero attached hydrogens (tertiary/aromatic N) is 2. The molecule has 1 aliphatic carbocycles. The molecule has 4 unspecified atom stereocenters. The van der Waals surface area contributed by atoms with Gasteiger partial charge < -0.3 is 15.3 Å². The molecule has 1 heterocycles. The van der Waals surface area contributed by atoms with Crippen LogP contribution in [0.25, 0.3) is 0 Å². The van der Waals surface area contributed by atoms with E-state index in [1.54, 1.807) is 36.4 Å². The van der Waals surface area contributed by atoms with Crippen LogP contribution < -0.4 is 5.32 Å². The molecule has 0 spiro atoms. The van der Waals surface area contributed by atoms with Crippen LogP contribution >= 0.6 is 0 Å². The summed E-state index contributed by atoms with van der Waals surface area (Å²) in [4.78, 5) is 49.8. The molecule has 2 N–H and O–H groups in total. The van der Waals surface area contributed by atoms with Crippen molar-refractivity contribution in [3.8, 4) is 0 Å². The molecule has 154 valence electrons. The Morgan fingerprint density at radius 2 is 1.87 bits per heavy atom. The molecule has 1 saturated carbocycles. The van der Waals surface area contributed by atoms with E-state index in [9.17, 15) is 29.6 Å². The number of likely N-dealkylation sites (tertiary alicyclic amines) is 1. The Labute approximate surface area is 171 Å². The van der Waals surface area contributed by atoms with Gasteiger partial charge in [0.25, 0.3) is 5.69 Å². The maximum Gasteiger partial charge on any atom is 0.326 e. The summed E-state index contributed by atoms with van der Waals surface area (Å²) in [6.07, 6.45) is 0.597. The zero-order valence-corrected chi connectivity index (χ0v) is 15.8. The van der Waals surface area contributed by atoms with Gasteiger partial charge in [0.05, 0.1) is 11.0 Å². The highest BCUT2D eigenvalue weighted by atomic mass is 16.6. The number of hydrogen-bond donors (Lipinski definition) is 2. The van der Waals surface area contributed by atoms with E-state index in [-0.39, 0.29) is 17.9 Å². The number of benzene rings is 2. The van der Waals surface area contributed by atoms with Gasteiger partial charge in [-0.2, -0.15) is 0 Å². The Morgan fingerprint density at radius 1 is 1.13 bits per heavy atom. The fourth-order valence-corrected chi connectivity index (χ4v) is 4.67. The smallest absolute Gasteiger partial charge is 0.326 e. The van der Waals surface area contributed by atoms with Crippen LogP contribution in [0.5, 0.6) is 0 Å². The number of carbonyl (C=O) groups excluding carboxylic acids is 2. The molecule has 2 fully saturated rings. The Morgan fingerprint density at radius 3 is 2.53 bits per heavy atom. The van der Waals surface area contributed by atoms with E-state index in [4.69, 9.17) is 0 Å². The molecule has 1 aliphatic heterocycles. The lowest BCUT2D eigenvalue weighted by Crippen LogP contribution is -2.46. The van der Waals surface area contributed by atoms with Crippen LogP contribution in [0, 0.1) is 22.0 Å². The number of non-ortho nitro benzene ring substituents is 1. The molecule has 2 aromatic rings. The first kappa shape index (κ1) is 19.6. The van der Waals surface area contributed by atoms with E-state index in [2.05, 4.69) is 5.32 Å². The number of anilines is 1. The first-order valence-electron chi connectivity index (χ1n) is 9.52. The fourth-order valence-electron chi connectivity index (χ4n) is 4.67. The quantitative estimate of drug-likeness (QED) is 0.589. The summed E-state index contributed by atoms with van der Waals surface area (Å²) in [7, 11) is 0. The zero-order chi connectivity index (χ0) is 21.4. The third-order valence-electron chi connectivity index (χ3n) is 5.84. The summed E-state index contributed by atoms with van der Waals surface area (Å²) in [6.45, 7) is 0. The Balaban J connectivity index is 1.79. The number of fused-ring (bicyclic) bond motifs is 1. The Bertz CT molecular complexity index is 1020. The Hall–Kier alpha value is -3.75. The average Bonchev–Trinajstić information content (AvgIpc) is 3.26. The molecule has 2 aromatic carbocycles. The third kappa shape index (κ3) is 3.28. The van der Waals surface area contributed by atoms with E-state index in [0.29, 0.717) is 17.7 Å². The standard InChI is InChI=1S/C21H19N3O6/c25-16-10-9-15-17(16)18(12-5-4-8-14(11-12)24(29)30)23(19(15)20(26)27)21(28)22-13-6-2-1-3-7-13/h1-8,11,15,17-19H,9-10H2,(H,22,28)(H,26,27). The van der Waals surface area contributed by atoms with E-state index < -0.39 is 40.8 Å². The van der Waals surface area contributed by atoms with Gasteiger partial charge in [-0.05, 0) is 24.1 Å². The molecule has 0 bridgehead atoms. The minimum Gasteiger partial charge on any atom is -0.480 e. The number of carboxylic acid groups (broad SMARTS) is 1. The van der Waals surface area contributed by atoms with Crippen LogP contribution in [-0.4, -0.2) is 38.8 Å². The van der Waals surface area contributed by atoms with Gasteiger partial charge in [0.15, 0.2) is 0 Å². The predicted molar refractivity (Wildman–Crippen MR) is 106 cm³/mol. The molecule has 1 saturated heterocycles. The van der Waals surface area contributed by atoms with Crippen molar-refractivity contribution in [2.24, 2.45) is 11.8 Å². The molecule has 0 radical (unpaired) electrons. The van der Waals surface area contributed by atoms with Crippen molar-refractivity contribution in [3.63, 3.8) is 0 Å². The fraction of sp³-hybridized carbons (Fsp3) is 0.286. The third-order valence-corrected chi connectivity index (χ3v) is 5.84. The maximum absolute atomic E-state index is 13.2. The molecular formula is C21H19N3O6. The van der Waals surface area contributed by atoms with Gasteiger partial charge in [0, 0.05) is 36.1 Å². The number of rotatable bonds is 4. The highest BCUT2D eigenvalue weighted by Crippen LogP contribution is 2.51. The highest BCUT2D eigenvalue weighted by Gasteiger charge is 2.59. The van der Waals surface area contributed by atoms with E-state index in [1.165, 1.54) is 23.1 Å². The first-order chi connectivity index (χ1) is 14.4. The van der Waals surface area contributed by atoms with Crippen molar-refractivity contribution in [1.82, 2.24) is 4.90 Å². The van der Waals surface area contributed by atoms with Crippen molar-refractivity contribution in [1.29, 1.82) is 0 Å². The SMILES string of the molecule is O=C1CCC2C1C(c1cccc([N+](=O)[O-])c1)N(C(=O)Nc1ccccc1)C2C(=O)O. The number of para-hydroxylation sites is 1. The van der Waals surface area contributed by atoms with Crippen molar-refractivity contribution >= 4 is 29.2 Å². The topological polar surface area (TPSA) is 130 Å². The summed E-state index contributed by atoms with van der Waals surface area (Å²) in [5.74, 6) is -2.58. The number of amides is 2. The Kier molecular flexibility index (Phi) is 4.94. The predicted octanol–water partition coefficient (Wildman–Crippen LogP) is 3.23. The summed E-state index contributed by atoms with van der Waals surface area (Å²) in [6, 6.07) is 11.5. The minimum absolute atomic E-state index is 0.127. The number of nitro groups is 1. The number of urea groups is 1. The number of Topliss-reactive ketones (excluding diaryl/α,β-unsaturated/α-hetero) is 1. The van der Waals surface area contributed by atoms with Crippen LogP contribution in [-0.2, 0) is 9.59 Å². The van der Waals surface area contributed by atoms with Crippen molar-refractivity contribution in [2.75, 3.05) is 5.32 Å². The zero-order valence-electron chi connectivity index (χ0n) is 15.8.